The number of likely N-dealkylation sites (N-methyl/N-ethyl adjacent to an activating group) is 1. The Kier molecular flexibility index (Phi) is 6.37. The molecule has 21 heavy (non-hydrogen) atoms. The lowest BCUT2D eigenvalue weighted by atomic mass is 10.1. The standard InChI is InChI=1S/C15H17FN2O3/c1-3-18(2)14(20)10-17-15(21)13-7-6-12(16)9-11(13)5-4-8-19/h6-7,9,19H,3,8,10H2,1-2H3,(H,17,21). The fraction of sp³-hybridized carbons (Fsp3) is 0.333. The summed E-state index contributed by atoms with van der Waals surface area (Å²) in [6.07, 6.45) is 0. The molecule has 112 valence electrons. The summed E-state index contributed by atoms with van der Waals surface area (Å²) in [6, 6.07) is 3.54. The summed E-state index contributed by atoms with van der Waals surface area (Å²) >= 11 is 0. The zero-order valence-corrected chi connectivity index (χ0v) is 11.9. The third-order valence-corrected chi connectivity index (χ3v) is 2.83. The van der Waals surface area contributed by atoms with Gasteiger partial charge in [0.05, 0.1) is 12.1 Å². The molecule has 2 amide bonds. The molecule has 1 aromatic carbocycles. The lowest BCUT2D eigenvalue weighted by molar-refractivity contribution is -0.128. The van der Waals surface area contributed by atoms with Crippen molar-refractivity contribution in [1.82, 2.24) is 10.2 Å². The summed E-state index contributed by atoms with van der Waals surface area (Å²) < 4.78 is 13.2. The lowest BCUT2D eigenvalue weighted by Crippen LogP contribution is -2.38. The largest absolute Gasteiger partial charge is 0.384 e. The summed E-state index contributed by atoms with van der Waals surface area (Å²) in [7, 11) is 1.63. The molecular weight excluding hydrogens is 275 g/mol. The van der Waals surface area contributed by atoms with Gasteiger partial charge in [-0.1, -0.05) is 11.8 Å². The van der Waals surface area contributed by atoms with E-state index in [0.717, 1.165) is 12.1 Å². The van der Waals surface area contributed by atoms with Crippen molar-refractivity contribution in [3.8, 4) is 11.8 Å². The van der Waals surface area contributed by atoms with Crippen LogP contribution in [0.3, 0.4) is 0 Å². The molecule has 1 rings (SSSR count). The van der Waals surface area contributed by atoms with Crippen LogP contribution < -0.4 is 5.32 Å². The monoisotopic (exact) mass is 292 g/mol. The Morgan fingerprint density at radius 1 is 1.43 bits per heavy atom. The average Bonchev–Trinajstić information content (AvgIpc) is 2.49. The van der Waals surface area contributed by atoms with Crippen LogP contribution in [0.1, 0.15) is 22.8 Å². The number of halogens is 1. The Bertz CT molecular complexity index is 590. The van der Waals surface area contributed by atoms with Gasteiger partial charge in [0.25, 0.3) is 5.91 Å². The van der Waals surface area contributed by atoms with Crippen molar-refractivity contribution in [1.29, 1.82) is 0 Å². The fourth-order valence-corrected chi connectivity index (χ4v) is 1.52. The first-order valence-corrected chi connectivity index (χ1v) is 6.41. The van der Waals surface area contributed by atoms with E-state index in [2.05, 4.69) is 17.2 Å². The van der Waals surface area contributed by atoms with Gasteiger partial charge < -0.3 is 15.3 Å². The number of carbonyl (C=O) groups is 2. The molecule has 2 N–H and O–H groups in total. The second kappa shape index (κ2) is 8.02. The van der Waals surface area contributed by atoms with Crippen LogP contribution in [0.4, 0.5) is 4.39 Å². The van der Waals surface area contributed by atoms with E-state index in [0.29, 0.717) is 6.54 Å². The Morgan fingerprint density at radius 2 is 2.14 bits per heavy atom. The number of nitrogens with zero attached hydrogens (tertiary/aromatic N) is 1. The van der Waals surface area contributed by atoms with Gasteiger partial charge in [0.15, 0.2) is 0 Å². The van der Waals surface area contributed by atoms with E-state index in [-0.39, 0.29) is 23.6 Å². The van der Waals surface area contributed by atoms with Crippen LogP contribution in [0, 0.1) is 17.7 Å². The predicted octanol–water partition coefficient (Wildman–Crippen LogP) is 0.378. The van der Waals surface area contributed by atoms with Crippen LogP contribution >= 0.6 is 0 Å². The zero-order chi connectivity index (χ0) is 15.8. The van der Waals surface area contributed by atoms with Gasteiger partial charge in [-0.3, -0.25) is 9.59 Å². The van der Waals surface area contributed by atoms with E-state index < -0.39 is 18.3 Å². The molecule has 0 unspecified atom stereocenters. The van der Waals surface area contributed by atoms with Crippen LogP contribution in [-0.2, 0) is 4.79 Å². The van der Waals surface area contributed by atoms with Crippen LogP contribution in [0.25, 0.3) is 0 Å². The number of aliphatic hydroxyl groups excluding tert-OH is 1. The number of hydrogen-bond donors (Lipinski definition) is 2. The number of aliphatic hydroxyl groups is 1. The highest BCUT2D eigenvalue weighted by Crippen LogP contribution is 2.10. The van der Waals surface area contributed by atoms with E-state index in [9.17, 15) is 14.0 Å². The first kappa shape index (κ1) is 16.7. The second-order valence-corrected chi connectivity index (χ2v) is 4.24. The first-order valence-electron chi connectivity index (χ1n) is 6.41. The molecule has 0 fully saturated rings. The van der Waals surface area contributed by atoms with Gasteiger partial charge in [-0.05, 0) is 25.1 Å². The maximum Gasteiger partial charge on any atom is 0.252 e. The van der Waals surface area contributed by atoms with E-state index in [4.69, 9.17) is 5.11 Å². The fourth-order valence-electron chi connectivity index (χ4n) is 1.52. The topological polar surface area (TPSA) is 69.6 Å². The molecule has 0 saturated heterocycles. The van der Waals surface area contributed by atoms with Gasteiger partial charge in [0, 0.05) is 19.2 Å². The molecule has 0 heterocycles. The molecule has 0 bridgehead atoms. The average molecular weight is 292 g/mol. The highest BCUT2D eigenvalue weighted by atomic mass is 19.1. The van der Waals surface area contributed by atoms with E-state index in [1.165, 1.54) is 11.0 Å². The minimum absolute atomic E-state index is 0.145. The van der Waals surface area contributed by atoms with Gasteiger partial charge >= 0.3 is 0 Å². The molecule has 0 aliphatic heterocycles. The highest BCUT2D eigenvalue weighted by molar-refractivity contribution is 5.98. The summed E-state index contributed by atoms with van der Waals surface area (Å²) in [5, 5.41) is 11.1. The summed E-state index contributed by atoms with van der Waals surface area (Å²) in [5.74, 6) is 3.60. The van der Waals surface area contributed by atoms with Crippen molar-refractivity contribution in [2.75, 3.05) is 26.7 Å². The third kappa shape index (κ3) is 4.89. The summed E-state index contributed by atoms with van der Waals surface area (Å²) in [5.41, 5.74) is 0.321. The van der Waals surface area contributed by atoms with Crippen molar-refractivity contribution >= 4 is 11.8 Å². The van der Waals surface area contributed by atoms with E-state index >= 15 is 0 Å². The number of hydrogen-bond acceptors (Lipinski definition) is 3. The highest BCUT2D eigenvalue weighted by Gasteiger charge is 2.13. The van der Waals surface area contributed by atoms with Gasteiger partial charge in [-0.2, -0.15) is 0 Å². The van der Waals surface area contributed by atoms with Gasteiger partial charge in [0.2, 0.25) is 5.91 Å². The number of amides is 2. The van der Waals surface area contributed by atoms with Gasteiger partial charge in [0.1, 0.15) is 12.4 Å². The third-order valence-electron chi connectivity index (χ3n) is 2.83. The van der Waals surface area contributed by atoms with Crippen LogP contribution in [-0.4, -0.2) is 48.6 Å². The molecule has 1 aromatic rings. The normalized spacial score (nSPS) is 9.52. The minimum Gasteiger partial charge on any atom is -0.384 e. The van der Waals surface area contributed by atoms with Gasteiger partial charge in [-0.25, -0.2) is 4.39 Å². The molecule has 0 saturated carbocycles. The number of rotatable bonds is 4. The molecule has 0 spiro atoms. The summed E-state index contributed by atoms with van der Waals surface area (Å²) in [4.78, 5) is 25.1. The van der Waals surface area contributed by atoms with Crippen LogP contribution in [0.5, 0.6) is 0 Å². The molecule has 0 aliphatic rings. The Morgan fingerprint density at radius 3 is 2.76 bits per heavy atom. The molecule has 6 heteroatoms. The van der Waals surface area contributed by atoms with Gasteiger partial charge in [-0.15, -0.1) is 0 Å². The quantitative estimate of drug-likeness (QED) is 0.788. The molecule has 5 nitrogen and oxygen atoms in total. The van der Waals surface area contributed by atoms with Crippen molar-refractivity contribution in [2.24, 2.45) is 0 Å². The predicted molar refractivity (Wildman–Crippen MR) is 76.0 cm³/mol. The second-order valence-electron chi connectivity index (χ2n) is 4.24. The number of carbonyl (C=O) groups excluding carboxylic acids is 2. The van der Waals surface area contributed by atoms with E-state index in [1.54, 1.807) is 7.05 Å². The Hall–Kier alpha value is -2.39. The number of nitrogens with one attached hydrogen (secondary N) is 1. The van der Waals surface area contributed by atoms with Crippen molar-refractivity contribution in [3.05, 3.63) is 35.1 Å². The summed E-state index contributed by atoms with van der Waals surface area (Å²) in [6.45, 7) is 1.82. The number of benzene rings is 1. The maximum absolute atomic E-state index is 13.2. The zero-order valence-electron chi connectivity index (χ0n) is 11.9. The molecule has 0 aromatic heterocycles. The van der Waals surface area contributed by atoms with Crippen molar-refractivity contribution in [2.45, 2.75) is 6.92 Å². The molecule has 0 atom stereocenters. The van der Waals surface area contributed by atoms with E-state index in [1.807, 2.05) is 6.92 Å². The van der Waals surface area contributed by atoms with Crippen molar-refractivity contribution < 1.29 is 19.1 Å². The van der Waals surface area contributed by atoms with Crippen LogP contribution in [0.15, 0.2) is 18.2 Å². The lowest BCUT2D eigenvalue weighted by Gasteiger charge is -2.15. The maximum atomic E-state index is 13.2. The Labute approximate surface area is 122 Å². The molecule has 0 aliphatic carbocycles. The smallest absolute Gasteiger partial charge is 0.252 e. The Balaban J connectivity index is 2.85. The van der Waals surface area contributed by atoms with Crippen molar-refractivity contribution in [3.63, 3.8) is 0 Å². The molecule has 0 radical (unpaired) electrons. The minimum atomic E-state index is -0.532. The first-order chi connectivity index (χ1) is 9.99. The van der Waals surface area contributed by atoms with Crippen LogP contribution in [0.2, 0.25) is 0 Å². The molecular formula is C15H17FN2O3. The SMILES string of the molecule is CCN(C)C(=O)CNC(=O)c1ccc(F)cc1C#CCO.